The third-order valence-electron chi connectivity index (χ3n) is 3.79. The smallest absolute Gasteiger partial charge is 0.0521 e. The Balaban J connectivity index is 2.05. The fourth-order valence-electron chi connectivity index (χ4n) is 2.58. The Morgan fingerprint density at radius 3 is 2.71 bits per heavy atom. The molecule has 1 fully saturated rings. The quantitative estimate of drug-likeness (QED) is 0.788. The number of piperazine rings is 1. The first kappa shape index (κ1) is 12.6. The lowest BCUT2D eigenvalue weighted by Crippen LogP contribution is -2.53. The summed E-state index contributed by atoms with van der Waals surface area (Å²) in [4.78, 5) is 5.03. The van der Waals surface area contributed by atoms with E-state index in [9.17, 15) is 0 Å². The molecule has 0 radical (unpaired) electrons. The molecule has 0 bridgehead atoms. The van der Waals surface area contributed by atoms with Crippen LogP contribution >= 0.6 is 0 Å². The second-order valence-electron chi connectivity index (χ2n) is 5.49. The van der Waals surface area contributed by atoms with Gasteiger partial charge in [-0.2, -0.15) is 5.10 Å². The maximum absolute atomic E-state index is 4.25. The van der Waals surface area contributed by atoms with Crippen LogP contribution < -0.4 is 0 Å². The van der Waals surface area contributed by atoms with Crippen LogP contribution in [-0.2, 0) is 13.6 Å². The Hall–Kier alpha value is -0.870. The van der Waals surface area contributed by atoms with Crippen molar-refractivity contribution < 1.29 is 0 Å². The van der Waals surface area contributed by atoms with E-state index in [0.29, 0.717) is 12.0 Å². The lowest BCUT2D eigenvalue weighted by Gasteiger charge is -2.42. The molecule has 1 aliphatic heterocycles. The summed E-state index contributed by atoms with van der Waals surface area (Å²) in [6.45, 7) is 9.16. The fraction of sp³-hybridized carbons (Fsp3) is 0.769. The van der Waals surface area contributed by atoms with E-state index in [2.05, 4.69) is 41.9 Å². The van der Waals surface area contributed by atoms with Gasteiger partial charge in [0.25, 0.3) is 0 Å². The van der Waals surface area contributed by atoms with Gasteiger partial charge in [0, 0.05) is 45.5 Å². The van der Waals surface area contributed by atoms with E-state index in [1.807, 2.05) is 17.9 Å². The van der Waals surface area contributed by atoms with Gasteiger partial charge in [-0.15, -0.1) is 0 Å². The summed E-state index contributed by atoms with van der Waals surface area (Å²) in [5.74, 6) is 0.700. The van der Waals surface area contributed by atoms with Crippen molar-refractivity contribution in [2.45, 2.75) is 26.4 Å². The highest BCUT2D eigenvalue weighted by molar-refractivity contribution is 5.01. The predicted molar refractivity (Wildman–Crippen MR) is 69.7 cm³/mol. The van der Waals surface area contributed by atoms with Gasteiger partial charge in [-0.1, -0.05) is 13.8 Å². The highest BCUT2D eigenvalue weighted by Gasteiger charge is 2.27. The first-order chi connectivity index (χ1) is 8.08. The normalized spacial score (nSPS) is 23.5. The van der Waals surface area contributed by atoms with Crippen LogP contribution in [0.5, 0.6) is 0 Å². The van der Waals surface area contributed by atoms with Crippen LogP contribution in [0.15, 0.2) is 12.3 Å². The van der Waals surface area contributed by atoms with Crippen LogP contribution in [0.2, 0.25) is 0 Å². The molecule has 4 heteroatoms. The van der Waals surface area contributed by atoms with E-state index in [0.717, 1.165) is 13.1 Å². The van der Waals surface area contributed by atoms with E-state index in [1.165, 1.54) is 18.8 Å². The molecule has 0 aliphatic carbocycles. The Morgan fingerprint density at radius 2 is 2.12 bits per heavy atom. The molecule has 1 saturated heterocycles. The molecule has 1 aromatic rings. The van der Waals surface area contributed by atoms with Gasteiger partial charge in [0.2, 0.25) is 0 Å². The Morgan fingerprint density at radius 1 is 1.35 bits per heavy atom. The molecule has 1 atom stereocenters. The summed E-state index contributed by atoms with van der Waals surface area (Å²) in [6, 6.07) is 2.78. The Labute approximate surface area is 104 Å². The van der Waals surface area contributed by atoms with E-state index in [4.69, 9.17) is 0 Å². The average molecular weight is 236 g/mol. The highest BCUT2D eigenvalue weighted by atomic mass is 15.3. The topological polar surface area (TPSA) is 24.3 Å². The van der Waals surface area contributed by atoms with E-state index >= 15 is 0 Å². The molecule has 0 N–H and O–H groups in total. The van der Waals surface area contributed by atoms with Gasteiger partial charge in [0.15, 0.2) is 0 Å². The second kappa shape index (κ2) is 5.19. The number of aryl methyl sites for hydroxylation is 1. The molecule has 17 heavy (non-hydrogen) atoms. The SMILES string of the molecule is CC(C)[C@H]1CN(C)CCN1Cc1ccnn1C. The molecule has 0 aromatic carbocycles. The zero-order valence-electron chi connectivity index (χ0n) is 11.4. The van der Waals surface area contributed by atoms with Crippen molar-refractivity contribution in [3.63, 3.8) is 0 Å². The minimum atomic E-state index is 0.656. The van der Waals surface area contributed by atoms with Crippen LogP contribution in [-0.4, -0.2) is 52.3 Å². The molecule has 2 rings (SSSR count). The molecule has 0 saturated carbocycles. The maximum atomic E-state index is 4.25. The summed E-state index contributed by atoms with van der Waals surface area (Å²) in [7, 11) is 4.24. The first-order valence-corrected chi connectivity index (χ1v) is 6.47. The Bertz CT molecular complexity index is 358. The lowest BCUT2D eigenvalue weighted by atomic mass is 9.99. The molecule has 4 nitrogen and oxygen atoms in total. The van der Waals surface area contributed by atoms with Crippen molar-refractivity contribution in [1.82, 2.24) is 19.6 Å². The number of rotatable bonds is 3. The molecule has 2 heterocycles. The van der Waals surface area contributed by atoms with E-state index < -0.39 is 0 Å². The van der Waals surface area contributed by atoms with Gasteiger partial charge < -0.3 is 4.90 Å². The largest absolute Gasteiger partial charge is 0.304 e. The van der Waals surface area contributed by atoms with Gasteiger partial charge in [0.1, 0.15) is 0 Å². The molecule has 0 unspecified atom stereocenters. The van der Waals surface area contributed by atoms with Crippen molar-refractivity contribution in [3.8, 4) is 0 Å². The Kier molecular flexibility index (Phi) is 3.84. The van der Waals surface area contributed by atoms with E-state index in [1.54, 1.807) is 0 Å². The molecular formula is C13H24N4. The van der Waals surface area contributed by atoms with Crippen molar-refractivity contribution in [2.24, 2.45) is 13.0 Å². The van der Waals surface area contributed by atoms with Crippen LogP contribution in [0.3, 0.4) is 0 Å². The third kappa shape index (κ3) is 2.87. The van der Waals surface area contributed by atoms with Crippen molar-refractivity contribution >= 4 is 0 Å². The summed E-state index contributed by atoms with van der Waals surface area (Å²) in [6.07, 6.45) is 1.88. The minimum absolute atomic E-state index is 0.656. The zero-order chi connectivity index (χ0) is 12.4. The number of hydrogen-bond donors (Lipinski definition) is 0. The average Bonchev–Trinajstić information content (AvgIpc) is 2.67. The van der Waals surface area contributed by atoms with Gasteiger partial charge in [-0.25, -0.2) is 0 Å². The van der Waals surface area contributed by atoms with Gasteiger partial charge in [-0.05, 0) is 19.0 Å². The van der Waals surface area contributed by atoms with Crippen LogP contribution in [0.25, 0.3) is 0 Å². The van der Waals surface area contributed by atoms with Crippen molar-refractivity contribution in [1.29, 1.82) is 0 Å². The van der Waals surface area contributed by atoms with E-state index in [-0.39, 0.29) is 0 Å². The van der Waals surface area contributed by atoms with Gasteiger partial charge in [0.05, 0.1) is 5.69 Å². The summed E-state index contributed by atoms with van der Waals surface area (Å²) in [5, 5.41) is 4.25. The monoisotopic (exact) mass is 236 g/mol. The standard InChI is InChI=1S/C13H24N4/c1-11(2)13-10-15(3)7-8-17(13)9-12-5-6-14-16(12)4/h5-6,11,13H,7-10H2,1-4H3/t13-/m1/s1. The fourth-order valence-corrected chi connectivity index (χ4v) is 2.58. The highest BCUT2D eigenvalue weighted by Crippen LogP contribution is 2.18. The lowest BCUT2D eigenvalue weighted by molar-refractivity contribution is 0.0553. The summed E-state index contributed by atoms with van der Waals surface area (Å²) < 4.78 is 1.98. The predicted octanol–water partition coefficient (Wildman–Crippen LogP) is 1.19. The number of nitrogens with zero attached hydrogens (tertiary/aromatic N) is 4. The molecular weight excluding hydrogens is 212 g/mol. The van der Waals surface area contributed by atoms with Crippen LogP contribution in [0.4, 0.5) is 0 Å². The second-order valence-corrected chi connectivity index (χ2v) is 5.49. The van der Waals surface area contributed by atoms with Crippen LogP contribution in [0.1, 0.15) is 19.5 Å². The molecule has 0 spiro atoms. The first-order valence-electron chi connectivity index (χ1n) is 6.47. The minimum Gasteiger partial charge on any atom is -0.304 e. The third-order valence-corrected chi connectivity index (χ3v) is 3.79. The number of aromatic nitrogens is 2. The van der Waals surface area contributed by atoms with Gasteiger partial charge >= 0.3 is 0 Å². The molecule has 1 aliphatic rings. The molecule has 1 aromatic heterocycles. The van der Waals surface area contributed by atoms with Crippen molar-refractivity contribution in [3.05, 3.63) is 18.0 Å². The number of hydrogen-bond acceptors (Lipinski definition) is 3. The van der Waals surface area contributed by atoms with Crippen molar-refractivity contribution in [2.75, 3.05) is 26.7 Å². The zero-order valence-corrected chi connectivity index (χ0v) is 11.4. The van der Waals surface area contributed by atoms with Gasteiger partial charge in [-0.3, -0.25) is 9.58 Å². The maximum Gasteiger partial charge on any atom is 0.0521 e. The molecule has 0 amide bonds. The summed E-state index contributed by atoms with van der Waals surface area (Å²) in [5.41, 5.74) is 1.31. The van der Waals surface area contributed by atoms with Crippen LogP contribution in [0, 0.1) is 5.92 Å². The molecule has 96 valence electrons. The number of likely N-dealkylation sites (N-methyl/N-ethyl adjacent to an activating group) is 1. The summed E-state index contributed by atoms with van der Waals surface area (Å²) >= 11 is 0.